The number of nitrogens with one attached hydrogen (secondary N) is 1. The van der Waals surface area contributed by atoms with E-state index < -0.39 is 11.9 Å². The molecule has 0 unspecified atom stereocenters. The fraction of sp³-hybridized carbons (Fsp3) is 0.318. The van der Waals surface area contributed by atoms with E-state index in [1.54, 1.807) is 24.0 Å². The molecule has 1 aromatic carbocycles. The Bertz CT molecular complexity index is 1180. The Kier molecular flexibility index (Phi) is 5.69. The van der Waals surface area contributed by atoms with Crippen molar-refractivity contribution in [1.82, 2.24) is 4.90 Å². The molecule has 0 atom stereocenters. The molecule has 2 aromatic heterocycles. The number of ether oxygens (including phenoxy) is 2. The van der Waals surface area contributed by atoms with Crippen LogP contribution in [0.4, 0.5) is 5.00 Å². The van der Waals surface area contributed by atoms with E-state index in [9.17, 15) is 14.4 Å². The predicted octanol–water partition coefficient (Wildman–Crippen LogP) is 3.84. The first kappa shape index (κ1) is 20.9. The maximum Gasteiger partial charge on any atom is 0.341 e. The fourth-order valence-corrected chi connectivity index (χ4v) is 4.90. The summed E-state index contributed by atoms with van der Waals surface area (Å²) in [6.45, 7) is 4.39. The van der Waals surface area contributed by atoms with Crippen LogP contribution >= 0.6 is 11.3 Å². The van der Waals surface area contributed by atoms with Crippen molar-refractivity contribution in [3.63, 3.8) is 0 Å². The SMILES string of the molecule is CCOC(=O)c1c(NC(=O)c2cc3cccc(OC)c3o2)sc2c1CCN(C(C)=O)C2. The highest BCUT2D eigenvalue weighted by molar-refractivity contribution is 7.17. The summed E-state index contributed by atoms with van der Waals surface area (Å²) in [5.74, 6) is -0.368. The Balaban J connectivity index is 1.68. The first-order valence-corrected chi connectivity index (χ1v) is 10.7. The van der Waals surface area contributed by atoms with Gasteiger partial charge in [-0.25, -0.2) is 4.79 Å². The molecular weight excluding hydrogens is 420 g/mol. The molecule has 0 spiro atoms. The van der Waals surface area contributed by atoms with Crippen LogP contribution in [0.15, 0.2) is 28.7 Å². The number of hydrogen-bond donors (Lipinski definition) is 1. The zero-order chi connectivity index (χ0) is 22.1. The normalized spacial score (nSPS) is 13.1. The molecule has 31 heavy (non-hydrogen) atoms. The largest absolute Gasteiger partial charge is 0.493 e. The average molecular weight is 442 g/mol. The quantitative estimate of drug-likeness (QED) is 0.603. The zero-order valence-corrected chi connectivity index (χ0v) is 18.3. The molecule has 9 heteroatoms. The number of amides is 2. The summed E-state index contributed by atoms with van der Waals surface area (Å²) in [6.07, 6.45) is 0.525. The molecule has 2 amide bonds. The van der Waals surface area contributed by atoms with Crippen molar-refractivity contribution in [2.24, 2.45) is 0 Å². The van der Waals surface area contributed by atoms with E-state index in [0.29, 0.717) is 41.4 Å². The maximum atomic E-state index is 12.9. The molecule has 1 aliphatic rings. The first-order valence-electron chi connectivity index (χ1n) is 9.88. The van der Waals surface area contributed by atoms with Crippen LogP contribution in [0.25, 0.3) is 11.0 Å². The number of furan rings is 1. The van der Waals surface area contributed by atoms with Gasteiger partial charge in [-0.1, -0.05) is 12.1 Å². The van der Waals surface area contributed by atoms with Gasteiger partial charge in [-0.05, 0) is 31.0 Å². The van der Waals surface area contributed by atoms with Crippen molar-refractivity contribution >= 4 is 45.1 Å². The zero-order valence-electron chi connectivity index (χ0n) is 17.4. The van der Waals surface area contributed by atoms with Crippen LogP contribution in [-0.4, -0.2) is 42.9 Å². The summed E-state index contributed by atoms with van der Waals surface area (Å²) in [5, 5.41) is 3.94. The molecule has 0 saturated carbocycles. The molecule has 0 saturated heterocycles. The topological polar surface area (TPSA) is 98.1 Å². The number of anilines is 1. The van der Waals surface area contributed by atoms with E-state index in [1.165, 1.54) is 25.4 Å². The van der Waals surface area contributed by atoms with Gasteiger partial charge in [0, 0.05) is 23.7 Å². The highest BCUT2D eigenvalue weighted by Gasteiger charge is 2.30. The van der Waals surface area contributed by atoms with E-state index in [1.807, 2.05) is 12.1 Å². The standard InChI is InChI=1S/C22H22N2O6S/c1-4-29-22(27)18-14-8-9-24(12(2)25)11-17(14)31-21(18)23-20(26)16-10-13-6-5-7-15(28-3)19(13)30-16/h5-7,10H,4,8-9,11H2,1-3H3,(H,23,26). The number of benzene rings is 1. The summed E-state index contributed by atoms with van der Waals surface area (Å²) in [6, 6.07) is 7.01. The van der Waals surface area contributed by atoms with Gasteiger partial charge in [-0.15, -0.1) is 11.3 Å². The van der Waals surface area contributed by atoms with Crippen LogP contribution in [0.2, 0.25) is 0 Å². The third kappa shape index (κ3) is 3.88. The van der Waals surface area contributed by atoms with Crippen LogP contribution in [0.5, 0.6) is 5.75 Å². The van der Waals surface area contributed by atoms with Gasteiger partial charge in [-0.3, -0.25) is 9.59 Å². The van der Waals surface area contributed by atoms with Crippen molar-refractivity contribution in [2.75, 3.05) is 25.6 Å². The average Bonchev–Trinajstić information content (AvgIpc) is 3.34. The Labute approximate surface area is 182 Å². The molecule has 3 aromatic rings. The lowest BCUT2D eigenvalue weighted by molar-refractivity contribution is -0.129. The molecule has 0 fully saturated rings. The van der Waals surface area contributed by atoms with Gasteiger partial charge < -0.3 is 24.1 Å². The van der Waals surface area contributed by atoms with E-state index in [4.69, 9.17) is 13.9 Å². The maximum absolute atomic E-state index is 12.9. The molecular formula is C22H22N2O6S. The number of rotatable bonds is 5. The van der Waals surface area contributed by atoms with Crippen molar-refractivity contribution in [3.8, 4) is 5.75 Å². The number of fused-ring (bicyclic) bond motifs is 2. The van der Waals surface area contributed by atoms with E-state index >= 15 is 0 Å². The lowest BCUT2D eigenvalue weighted by atomic mass is 10.0. The van der Waals surface area contributed by atoms with Crippen LogP contribution in [0.1, 0.15) is 45.2 Å². The molecule has 1 aliphatic heterocycles. The lowest BCUT2D eigenvalue weighted by Crippen LogP contribution is -2.34. The Morgan fingerprint density at radius 1 is 1.29 bits per heavy atom. The van der Waals surface area contributed by atoms with E-state index in [0.717, 1.165) is 15.8 Å². The van der Waals surface area contributed by atoms with Gasteiger partial charge in [0.15, 0.2) is 17.1 Å². The van der Waals surface area contributed by atoms with Crippen LogP contribution < -0.4 is 10.1 Å². The minimum absolute atomic E-state index is 0.0291. The van der Waals surface area contributed by atoms with Crippen molar-refractivity contribution in [1.29, 1.82) is 0 Å². The van der Waals surface area contributed by atoms with Gasteiger partial charge >= 0.3 is 5.97 Å². The Morgan fingerprint density at radius 3 is 2.81 bits per heavy atom. The number of nitrogens with zero attached hydrogens (tertiary/aromatic N) is 1. The fourth-order valence-electron chi connectivity index (χ4n) is 3.65. The second-order valence-electron chi connectivity index (χ2n) is 7.06. The van der Waals surface area contributed by atoms with Gasteiger partial charge in [-0.2, -0.15) is 0 Å². The number of para-hydroxylation sites is 1. The second-order valence-corrected chi connectivity index (χ2v) is 8.17. The summed E-state index contributed by atoms with van der Waals surface area (Å²) >= 11 is 1.28. The molecule has 0 bridgehead atoms. The smallest absolute Gasteiger partial charge is 0.341 e. The van der Waals surface area contributed by atoms with Gasteiger partial charge in [0.05, 0.1) is 25.8 Å². The predicted molar refractivity (Wildman–Crippen MR) is 116 cm³/mol. The van der Waals surface area contributed by atoms with Crippen molar-refractivity contribution < 1.29 is 28.3 Å². The number of carbonyl (C=O) groups is 3. The third-order valence-electron chi connectivity index (χ3n) is 5.16. The monoisotopic (exact) mass is 442 g/mol. The highest BCUT2D eigenvalue weighted by Crippen LogP contribution is 2.38. The van der Waals surface area contributed by atoms with Crippen LogP contribution in [-0.2, 0) is 22.5 Å². The highest BCUT2D eigenvalue weighted by atomic mass is 32.1. The molecule has 1 N–H and O–H groups in total. The van der Waals surface area contributed by atoms with Crippen molar-refractivity contribution in [2.45, 2.75) is 26.8 Å². The van der Waals surface area contributed by atoms with Crippen LogP contribution in [0.3, 0.4) is 0 Å². The Morgan fingerprint density at radius 2 is 2.10 bits per heavy atom. The number of hydrogen-bond acceptors (Lipinski definition) is 7. The lowest BCUT2D eigenvalue weighted by Gasteiger charge is -2.25. The molecule has 0 aliphatic carbocycles. The summed E-state index contributed by atoms with van der Waals surface area (Å²) in [4.78, 5) is 40.0. The summed E-state index contributed by atoms with van der Waals surface area (Å²) in [5.41, 5.74) is 1.65. The number of methoxy groups -OCH3 is 1. The van der Waals surface area contributed by atoms with E-state index in [2.05, 4.69) is 5.32 Å². The first-order chi connectivity index (χ1) is 14.9. The van der Waals surface area contributed by atoms with E-state index in [-0.39, 0.29) is 18.3 Å². The Hall–Kier alpha value is -3.33. The van der Waals surface area contributed by atoms with Crippen molar-refractivity contribution in [3.05, 3.63) is 46.0 Å². The minimum atomic E-state index is -0.488. The van der Waals surface area contributed by atoms with Crippen LogP contribution in [0, 0.1) is 0 Å². The summed E-state index contributed by atoms with van der Waals surface area (Å²) < 4.78 is 16.2. The van der Waals surface area contributed by atoms with Gasteiger partial charge in [0.1, 0.15) is 5.00 Å². The van der Waals surface area contributed by atoms with Gasteiger partial charge in [0.2, 0.25) is 5.91 Å². The number of thiophene rings is 1. The number of esters is 1. The molecule has 3 heterocycles. The third-order valence-corrected chi connectivity index (χ3v) is 6.29. The number of carbonyl (C=O) groups excluding carboxylic acids is 3. The van der Waals surface area contributed by atoms with Gasteiger partial charge in [0.25, 0.3) is 5.91 Å². The molecule has 4 rings (SSSR count). The molecule has 162 valence electrons. The molecule has 0 radical (unpaired) electrons. The molecule has 8 nitrogen and oxygen atoms in total. The minimum Gasteiger partial charge on any atom is -0.493 e. The summed E-state index contributed by atoms with van der Waals surface area (Å²) in [7, 11) is 1.53. The second kappa shape index (κ2) is 8.43.